The van der Waals surface area contributed by atoms with Crippen LogP contribution in [0.2, 0.25) is 0 Å². The molecule has 1 aromatic rings. The summed E-state index contributed by atoms with van der Waals surface area (Å²) in [6.07, 6.45) is 1.59. The van der Waals surface area contributed by atoms with Crippen LogP contribution in [-0.2, 0) is 4.79 Å². The van der Waals surface area contributed by atoms with Gasteiger partial charge < -0.3 is 10.0 Å². The summed E-state index contributed by atoms with van der Waals surface area (Å²) in [6, 6.07) is 9.43. The maximum Gasteiger partial charge on any atom is 0.308 e. The zero-order valence-electron chi connectivity index (χ0n) is 11.3. The summed E-state index contributed by atoms with van der Waals surface area (Å²) in [4.78, 5) is 13.5. The van der Waals surface area contributed by atoms with Gasteiger partial charge in [0.15, 0.2) is 0 Å². The first kappa shape index (κ1) is 13.4. The van der Waals surface area contributed by atoms with Gasteiger partial charge in [0, 0.05) is 17.8 Å². The van der Waals surface area contributed by atoms with Crippen LogP contribution in [0.1, 0.15) is 32.3 Å². The number of hydrogen-bond donors (Lipinski definition) is 1. The summed E-state index contributed by atoms with van der Waals surface area (Å²) >= 11 is 0. The molecule has 1 N–H and O–H groups in total. The van der Waals surface area contributed by atoms with Gasteiger partial charge in [-0.1, -0.05) is 0 Å². The summed E-state index contributed by atoms with van der Waals surface area (Å²) < 4.78 is 0. The first-order valence-corrected chi connectivity index (χ1v) is 6.47. The largest absolute Gasteiger partial charge is 0.481 e. The van der Waals surface area contributed by atoms with Gasteiger partial charge in [-0.05, 0) is 51.0 Å². The van der Waals surface area contributed by atoms with Crippen molar-refractivity contribution in [3.63, 3.8) is 0 Å². The molecule has 0 amide bonds. The lowest BCUT2D eigenvalue weighted by molar-refractivity contribution is -0.144. The number of nitrogens with zero attached hydrogens (tertiary/aromatic N) is 2. The van der Waals surface area contributed by atoms with Gasteiger partial charge in [-0.15, -0.1) is 0 Å². The molecule has 2 rings (SSSR count). The number of benzene rings is 1. The Morgan fingerprint density at radius 1 is 1.42 bits per heavy atom. The minimum absolute atomic E-state index is 0.364. The zero-order chi connectivity index (χ0) is 14.0. The first-order valence-electron chi connectivity index (χ1n) is 6.47. The molecule has 1 heterocycles. The minimum atomic E-state index is -0.733. The zero-order valence-corrected chi connectivity index (χ0v) is 11.3. The van der Waals surface area contributed by atoms with Gasteiger partial charge in [0.05, 0.1) is 17.6 Å². The number of carboxylic acids is 1. The van der Waals surface area contributed by atoms with E-state index in [1.165, 1.54) is 0 Å². The Kier molecular flexibility index (Phi) is 3.48. The smallest absolute Gasteiger partial charge is 0.308 e. The topological polar surface area (TPSA) is 64.3 Å². The standard InChI is InChI=1S/C15H18N2O2/c1-15(2)13(14(18)19)4-3-9-17(15)12-7-5-11(10-16)6-8-12/h5-8,13H,3-4,9H2,1-2H3,(H,18,19). The van der Waals surface area contributed by atoms with E-state index < -0.39 is 11.5 Å². The fraction of sp³-hybridized carbons (Fsp3) is 0.467. The predicted molar refractivity (Wildman–Crippen MR) is 72.9 cm³/mol. The number of piperidine rings is 1. The van der Waals surface area contributed by atoms with Crippen molar-refractivity contribution in [3.05, 3.63) is 29.8 Å². The van der Waals surface area contributed by atoms with Crippen molar-refractivity contribution in [1.82, 2.24) is 0 Å². The third-order valence-electron chi connectivity index (χ3n) is 4.03. The lowest BCUT2D eigenvalue weighted by Crippen LogP contribution is -2.55. The van der Waals surface area contributed by atoms with Crippen molar-refractivity contribution in [2.24, 2.45) is 5.92 Å². The van der Waals surface area contributed by atoms with Crippen LogP contribution < -0.4 is 4.90 Å². The fourth-order valence-corrected chi connectivity index (χ4v) is 2.89. The fourth-order valence-electron chi connectivity index (χ4n) is 2.89. The Hall–Kier alpha value is -2.02. The summed E-state index contributed by atoms with van der Waals surface area (Å²) in [6.45, 7) is 4.80. The Morgan fingerprint density at radius 3 is 2.58 bits per heavy atom. The van der Waals surface area contributed by atoms with Crippen molar-refractivity contribution in [2.75, 3.05) is 11.4 Å². The Morgan fingerprint density at radius 2 is 2.05 bits per heavy atom. The first-order chi connectivity index (χ1) is 8.96. The molecule has 0 saturated carbocycles. The van der Waals surface area contributed by atoms with E-state index in [-0.39, 0.29) is 5.92 Å². The van der Waals surface area contributed by atoms with E-state index in [9.17, 15) is 9.90 Å². The van der Waals surface area contributed by atoms with Crippen molar-refractivity contribution >= 4 is 11.7 Å². The molecular formula is C15H18N2O2. The van der Waals surface area contributed by atoms with Crippen LogP contribution in [0.15, 0.2) is 24.3 Å². The normalized spacial score (nSPS) is 21.7. The van der Waals surface area contributed by atoms with Crippen LogP contribution in [0.5, 0.6) is 0 Å². The van der Waals surface area contributed by atoms with E-state index in [2.05, 4.69) is 11.0 Å². The van der Waals surface area contributed by atoms with Crippen LogP contribution in [0.4, 0.5) is 5.69 Å². The second-order valence-corrected chi connectivity index (χ2v) is 5.50. The minimum Gasteiger partial charge on any atom is -0.481 e. The molecule has 0 aromatic heterocycles. The average Bonchev–Trinajstić information content (AvgIpc) is 2.38. The molecule has 100 valence electrons. The number of carboxylic acid groups (broad SMARTS) is 1. The number of nitriles is 1. The van der Waals surface area contributed by atoms with E-state index in [1.54, 1.807) is 12.1 Å². The van der Waals surface area contributed by atoms with Crippen molar-refractivity contribution < 1.29 is 9.90 Å². The molecule has 1 saturated heterocycles. The molecule has 0 bridgehead atoms. The maximum atomic E-state index is 11.4. The molecule has 0 spiro atoms. The summed E-state index contributed by atoms with van der Waals surface area (Å²) in [5, 5.41) is 18.2. The third-order valence-corrected chi connectivity index (χ3v) is 4.03. The molecule has 1 atom stereocenters. The maximum absolute atomic E-state index is 11.4. The Bertz CT molecular complexity index is 514. The number of aliphatic carboxylic acids is 1. The van der Waals surface area contributed by atoms with Crippen molar-refractivity contribution in [2.45, 2.75) is 32.2 Å². The molecule has 0 radical (unpaired) electrons. The van der Waals surface area contributed by atoms with Gasteiger partial charge in [-0.2, -0.15) is 5.26 Å². The average molecular weight is 258 g/mol. The number of rotatable bonds is 2. The molecule has 1 unspecified atom stereocenters. The quantitative estimate of drug-likeness (QED) is 0.885. The molecular weight excluding hydrogens is 240 g/mol. The lowest BCUT2D eigenvalue weighted by atomic mass is 9.78. The molecule has 0 aliphatic carbocycles. The van der Waals surface area contributed by atoms with Gasteiger partial charge in [-0.3, -0.25) is 4.79 Å². The van der Waals surface area contributed by atoms with E-state index in [4.69, 9.17) is 5.26 Å². The second kappa shape index (κ2) is 4.93. The third kappa shape index (κ3) is 2.41. The summed E-state index contributed by atoms with van der Waals surface area (Å²) in [5.74, 6) is -1.10. The van der Waals surface area contributed by atoms with Crippen molar-refractivity contribution in [3.8, 4) is 6.07 Å². The van der Waals surface area contributed by atoms with Gasteiger partial charge in [0.2, 0.25) is 0 Å². The Balaban J connectivity index is 2.32. The molecule has 1 aliphatic heterocycles. The van der Waals surface area contributed by atoms with Crippen LogP contribution in [-0.4, -0.2) is 23.2 Å². The van der Waals surface area contributed by atoms with E-state index in [0.29, 0.717) is 5.56 Å². The molecule has 19 heavy (non-hydrogen) atoms. The lowest BCUT2D eigenvalue weighted by Gasteiger charge is -2.47. The van der Waals surface area contributed by atoms with Gasteiger partial charge in [-0.25, -0.2) is 0 Å². The van der Waals surface area contributed by atoms with E-state index in [0.717, 1.165) is 25.1 Å². The molecule has 4 nitrogen and oxygen atoms in total. The van der Waals surface area contributed by atoms with Crippen LogP contribution in [0.3, 0.4) is 0 Å². The van der Waals surface area contributed by atoms with Crippen LogP contribution >= 0.6 is 0 Å². The second-order valence-electron chi connectivity index (χ2n) is 5.50. The highest BCUT2D eigenvalue weighted by Gasteiger charge is 2.42. The molecule has 4 heteroatoms. The highest BCUT2D eigenvalue weighted by Crippen LogP contribution is 2.37. The monoisotopic (exact) mass is 258 g/mol. The highest BCUT2D eigenvalue weighted by atomic mass is 16.4. The van der Waals surface area contributed by atoms with E-state index in [1.807, 2.05) is 26.0 Å². The van der Waals surface area contributed by atoms with Gasteiger partial charge in [0.25, 0.3) is 0 Å². The molecule has 1 aliphatic rings. The van der Waals surface area contributed by atoms with Gasteiger partial charge >= 0.3 is 5.97 Å². The number of hydrogen-bond acceptors (Lipinski definition) is 3. The predicted octanol–water partition coefficient (Wildman–Crippen LogP) is 2.64. The SMILES string of the molecule is CC1(C)C(C(=O)O)CCCN1c1ccc(C#N)cc1. The van der Waals surface area contributed by atoms with Crippen LogP contribution in [0.25, 0.3) is 0 Å². The van der Waals surface area contributed by atoms with E-state index >= 15 is 0 Å². The highest BCUT2D eigenvalue weighted by molar-refractivity contribution is 5.73. The number of anilines is 1. The molecule has 1 aromatic carbocycles. The Labute approximate surface area is 113 Å². The summed E-state index contributed by atoms with van der Waals surface area (Å²) in [5.41, 5.74) is 1.18. The van der Waals surface area contributed by atoms with Crippen molar-refractivity contribution in [1.29, 1.82) is 5.26 Å². The van der Waals surface area contributed by atoms with Gasteiger partial charge in [0.1, 0.15) is 0 Å². The number of carbonyl (C=O) groups is 1. The van der Waals surface area contributed by atoms with Crippen LogP contribution in [0, 0.1) is 17.2 Å². The molecule has 1 fully saturated rings. The summed E-state index contributed by atoms with van der Waals surface area (Å²) in [7, 11) is 0.